The summed E-state index contributed by atoms with van der Waals surface area (Å²) in [5, 5.41) is 3.81. The van der Waals surface area contributed by atoms with Crippen LogP contribution in [0.5, 0.6) is 0 Å². The minimum Gasteiger partial charge on any atom is -0.313 e. The standard InChI is InChI=1S/C19H38N2/c1-7-20-17-15(9-8-11-19(17,5)6)13-21-12-10-16(14-21)18(2,3)4/h15-17,20H,7-14H2,1-6H3. The van der Waals surface area contributed by atoms with Gasteiger partial charge in [-0.1, -0.05) is 48.0 Å². The van der Waals surface area contributed by atoms with Crippen LogP contribution in [0, 0.1) is 22.7 Å². The zero-order valence-electron chi connectivity index (χ0n) is 15.3. The van der Waals surface area contributed by atoms with Gasteiger partial charge in [0.15, 0.2) is 0 Å². The van der Waals surface area contributed by atoms with Crippen molar-refractivity contribution in [2.45, 2.75) is 73.3 Å². The van der Waals surface area contributed by atoms with Crippen molar-refractivity contribution in [2.24, 2.45) is 22.7 Å². The normalized spacial score (nSPS) is 34.3. The lowest BCUT2D eigenvalue weighted by Crippen LogP contribution is -2.52. The molecular formula is C19H38N2. The van der Waals surface area contributed by atoms with Crippen LogP contribution in [-0.2, 0) is 0 Å². The highest BCUT2D eigenvalue weighted by Gasteiger charge is 2.40. The summed E-state index contributed by atoms with van der Waals surface area (Å²) in [6.45, 7) is 19.5. The van der Waals surface area contributed by atoms with Gasteiger partial charge in [-0.05, 0) is 55.0 Å². The third-order valence-electron chi connectivity index (χ3n) is 6.12. The fraction of sp³-hybridized carbons (Fsp3) is 1.00. The molecule has 0 aromatic carbocycles. The fourth-order valence-corrected chi connectivity index (χ4v) is 4.68. The summed E-state index contributed by atoms with van der Waals surface area (Å²) in [6.07, 6.45) is 5.60. The average molecular weight is 295 g/mol. The van der Waals surface area contributed by atoms with Gasteiger partial charge in [0.05, 0.1) is 0 Å². The van der Waals surface area contributed by atoms with Crippen molar-refractivity contribution in [3.63, 3.8) is 0 Å². The molecule has 0 aromatic heterocycles. The maximum atomic E-state index is 3.81. The van der Waals surface area contributed by atoms with Crippen molar-refractivity contribution in [1.29, 1.82) is 0 Å². The second-order valence-electron chi connectivity index (χ2n) is 9.29. The van der Waals surface area contributed by atoms with Crippen molar-refractivity contribution in [1.82, 2.24) is 10.2 Å². The maximum absolute atomic E-state index is 3.81. The predicted molar refractivity (Wildman–Crippen MR) is 92.6 cm³/mol. The van der Waals surface area contributed by atoms with Gasteiger partial charge in [-0.25, -0.2) is 0 Å². The third-order valence-corrected chi connectivity index (χ3v) is 6.12. The van der Waals surface area contributed by atoms with E-state index in [-0.39, 0.29) is 0 Å². The number of nitrogens with zero attached hydrogens (tertiary/aromatic N) is 1. The number of hydrogen-bond acceptors (Lipinski definition) is 2. The summed E-state index contributed by atoms with van der Waals surface area (Å²) < 4.78 is 0. The Morgan fingerprint density at radius 3 is 2.48 bits per heavy atom. The first-order valence-electron chi connectivity index (χ1n) is 9.20. The zero-order valence-corrected chi connectivity index (χ0v) is 15.3. The molecule has 0 radical (unpaired) electrons. The molecule has 1 aliphatic carbocycles. The Kier molecular flexibility index (Phi) is 5.41. The van der Waals surface area contributed by atoms with Crippen molar-refractivity contribution < 1.29 is 0 Å². The quantitative estimate of drug-likeness (QED) is 0.837. The van der Waals surface area contributed by atoms with Gasteiger partial charge in [-0.2, -0.15) is 0 Å². The van der Waals surface area contributed by atoms with Gasteiger partial charge in [0.2, 0.25) is 0 Å². The molecule has 124 valence electrons. The van der Waals surface area contributed by atoms with Crippen LogP contribution in [0.15, 0.2) is 0 Å². The molecule has 2 rings (SSSR count). The monoisotopic (exact) mass is 294 g/mol. The molecule has 1 heterocycles. The lowest BCUT2D eigenvalue weighted by molar-refractivity contribution is 0.0830. The van der Waals surface area contributed by atoms with E-state index in [2.05, 4.69) is 51.8 Å². The summed E-state index contributed by atoms with van der Waals surface area (Å²) in [7, 11) is 0. The van der Waals surface area contributed by atoms with E-state index < -0.39 is 0 Å². The Bertz CT molecular complexity index is 329. The molecule has 3 unspecified atom stereocenters. The largest absolute Gasteiger partial charge is 0.313 e. The zero-order chi connectivity index (χ0) is 15.7. The van der Waals surface area contributed by atoms with E-state index in [1.807, 2.05) is 0 Å². The van der Waals surface area contributed by atoms with E-state index in [4.69, 9.17) is 0 Å². The highest BCUT2D eigenvalue weighted by Crippen LogP contribution is 2.40. The van der Waals surface area contributed by atoms with E-state index in [0.717, 1.165) is 18.4 Å². The Morgan fingerprint density at radius 2 is 1.90 bits per heavy atom. The van der Waals surface area contributed by atoms with Gasteiger partial charge in [0.1, 0.15) is 0 Å². The summed E-state index contributed by atoms with van der Waals surface area (Å²) in [5.41, 5.74) is 0.934. The number of nitrogens with one attached hydrogen (secondary N) is 1. The van der Waals surface area contributed by atoms with Crippen LogP contribution in [0.3, 0.4) is 0 Å². The van der Waals surface area contributed by atoms with Gasteiger partial charge < -0.3 is 10.2 Å². The smallest absolute Gasteiger partial charge is 0.0159 e. The SMILES string of the molecule is CCNC1C(CN2CCC(C(C)(C)C)C2)CCCC1(C)C. The third kappa shape index (κ3) is 4.22. The van der Waals surface area contributed by atoms with Crippen LogP contribution in [-0.4, -0.2) is 37.1 Å². The van der Waals surface area contributed by atoms with Crippen molar-refractivity contribution in [3.8, 4) is 0 Å². The molecule has 2 fully saturated rings. The second kappa shape index (κ2) is 6.58. The molecule has 1 N–H and O–H groups in total. The highest BCUT2D eigenvalue weighted by molar-refractivity contribution is 4.95. The molecule has 1 saturated carbocycles. The lowest BCUT2D eigenvalue weighted by atomic mass is 9.67. The molecule has 2 heteroatoms. The van der Waals surface area contributed by atoms with Gasteiger partial charge in [0, 0.05) is 19.1 Å². The number of rotatable bonds is 4. The number of likely N-dealkylation sites (tertiary alicyclic amines) is 1. The predicted octanol–water partition coefficient (Wildman–Crippen LogP) is 4.16. The molecule has 0 spiro atoms. The van der Waals surface area contributed by atoms with Crippen molar-refractivity contribution in [3.05, 3.63) is 0 Å². The van der Waals surface area contributed by atoms with Gasteiger partial charge >= 0.3 is 0 Å². The molecule has 1 saturated heterocycles. The highest BCUT2D eigenvalue weighted by atomic mass is 15.2. The lowest BCUT2D eigenvalue weighted by Gasteiger charge is -2.45. The minimum absolute atomic E-state index is 0.460. The number of hydrogen-bond donors (Lipinski definition) is 1. The molecule has 2 aliphatic rings. The average Bonchev–Trinajstić information content (AvgIpc) is 2.82. The van der Waals surface area contributed by atoms with E-state index in [0.29, 0.717) is 16.9 Å². The molecule has 0 aromatic rings. The molecule has 0 bridgehead atoms. The van der Waals surface area contributed by atoms with Crippen molar-refractivity contribution in [2.75, 3.05) is 26.2 Å². The Morgan fingerprint density at radius 1 is 1.19 bits per heavy atom. The maximum Gasteiger partial charge on any atom is 0.0159 e. The van der Waals surface area contributed by atoms with Crippen LogP contribution in [0.1, 0.15) is 67.2 Å². The Balaban J connectivity index is 1.95. The summed E-state index contributed by atoms with van der Waals surface area (Å²) in [5.74, 6) is 1.72. The molecule has 0 amide bonds. The van der Waals surface area contributed by atoms with Crippen molar-refractivity contribution >= 4 is 0 Å². The van der Waals surface area contributed by atoms with E-state index in [1.54, 1.807) is 0 Å². The first-order chi connectivity index (χ1) is 9.74. The van der Waals surface area contributed by atoms with Gasteiger partial charge in [0.25, 0.3) is 0 Å². The first-order valence-corrected chi connectivity index (χ1v) is 9.20. The van der Waals surface area contributed by atoms with Gasteiger partial charge in [-0.3, -0.25) is 0 Å². The summed E-state index contributed by atoms with van der Waals surface area (Å²) in [6, 6.07) is 0.699. The molecule has 2 nitrogen and oxygen atoms in total. The topological polar surface area (TPSA) is 15.3 Å². The first kappa shape index (κ1) is 17.3. The Hall–Kier alpha value is -0.0800. The van der Waals surface area contributed by atoms with E-state index in [9.17, 15) is 0 Å². The van der Waals surface area contributed by atoms with E-state index >= 15 is 0 Å². The van der Waals surface area contributed by atoms with Crippen LogP contribution >= 0.6 is 0 Å². The fourth-order valence-electron chi connectivity index (χ4n) is 4.68. The molecule has 3 atom stereocenters. The minimum atomic E-state index is 0.460. The van der Waals surface area contributed by atoms with Crippen LogP contribution in [0.2, 0.25) is 0 Å². The Labute approximate surface area is 133 Å². The molecule has 21 heavy (non-hydrogen) atoms. The molecular weight excluding hydrogens is 256 g/mol. The van der Waals surface area contributed by atoms with E-state index in [1.165, 1.54) is 45.3 Å². The van der Waals surface area contributed by atoms with Gasteiger partial charge in [-0.15, -0.1) is 0 Å². The van der Waals surface area contributed by atoms with Crippen LogP contribution < -0.4 is 5.32 Å². The molecule has 1 aliphatic heterocycles. The second-order valence-corrected chi connectivity index (χ2v) is 9.29. The summed E-state index contributed by atoms with van der Waals surface area (Å²) >= 11 is 0. The van der Waals surface area contributed by atoms with Crippen LogP contribution in [0.4, 0.5) is 0 Å². The summed E-state index contributed by atoms with van der Waals surface area (Å²) in [4.78, 5) is 2.76. The van der Waals surface area contributed by atoms with Crippen LogP contribution in [0.25, 0.3) is 0 Å².